The molecule has 2 heterocycles. The van der Waals surface area contributed by atoms with E-state index >= 15 is 0 Å². The van der Waals surface area contributed by atoms with Crippen molar-refractivity contribution in [2.75, 3.05) is 17.6 Å². The van der Waals surface area contributed by atoms with E-state index in [4.69, 9.17) is 4.74 Å². The summed E-state index contributed by atoms with van der Waals surface area (Å²) >= 11 is 2.41. The monoisotopic (exact) mass is 267 g/mol. The number of halogens is 1. The lowest BCUT2D eigenvalue weighted by Gasteiger charge is -2.20. The van der Waals surface area contributed by atoms with E-state index in [0.717, 1.165) is 11.0 Å². The van der Waals surface area contributed by atoms with Crippen LogP contribution < -0.4 is 5.32 Å². The van der Waals surface area contributed by atoms with E-state index in [1.165, 1.54) is 25.8 Å². The van der Waals surface area contributed by atoms with Crippen LogP contribution in [0.2, 0.25) is 0 Å². The Morgan fingerprint density at radius 3 is 3.09 bits per heavy atom. The van der Waals surface area contributed by atoms with E-state index in [1.807, 2.05) is 0 Å². The molecule has 0 radical (unpaired) electrons. The molecule has 0 unspecified atom stereocenters. The highest BCUT2D eigenvalue weighted by Gasteiger charge is 2.41. The summed E-state index contributed by atoms with van der Waals surface area (Å²) in [6.07, 6.45) is 4.40. The minimum Gasteiger partial charge on any atom is -0.375 e. The molecule has 1 N–H and O–H groups in total. The predicted molar refractivity (Wildman–Crippen MR) is 53.2 cm³/mol. The first-order chi connectivity index (χ1) is 5.35. The van der Waals surface area contributed by atoms with Crippen molar-refractivity contribution < 1.29 is 4.74 Å². The first-order valence-electron chi connectivity index (χ1n) is 4.27. The van der Waals surface area contributed by atoms with Gasteiger partial charge in [-0.2, -0.15) is 0 Å². The molecular weight excluding hydrogens is 253 g/mol. The molecule has 0 aliphatic carbocycles. The van der Waals surface area contributed by atoms with Crippen molar-refractivity contribution in [3.8, 4) is 0 Å². The minimum absolute atomic E-state index is 0.385. The molecule has 2 aliphatic heterocycles. The van der Waals surface area contributed by atoms with Gasteiger partial charge in [-0.3, -0.25) is 0 Å². The summed E-state index contributed by atoms with van der Waals surface area (Å²) in [5.41, 5.74) is 0.385. The highest BCUT2D eigenvalue weighted by Crippen LogP contribution is 2.32. The van der Waals surface area contributed by atoms with Gasteiger partial charge in [0.1, 0.15) is 0 Å². The van der Waals surface area contributed by atoms with Crippen molar-refractivity contribution in [1.29, 1.82) is 0 Å². The molecule has 0 saturated carbocycles. The molecule has 2 rings (SSSR count). The Balaban J connectivity index is 1.96. The van der Waals surface area contributed by atoms with Crippen LogP contribution in [-0.2, 0) is 4.74 Å². The van der Waals surface area contributed by atoms with Gasteiger partial charge in [0.2, 0.25) is 0 Å². The van der Waals surface area contributed by atoms with Crippen LogP contribution in [0.4, 0.5) is 0 Å². The average Bonchev–Trinajstić information content (AvgIpc) is 2.62. The molecule has 64 valence electrons. The topological polar surface area (TPSA) is 21.3 Å². The summed E-state index contributed by atoms with van der Waals surface area (Å²) in [6.45, 7) is 2.14. The molecule has 2 atom stereocenters. The van der Waals surface area contributed by atoms with E-state index in [-0.39, 0.29) is 0 Å². The maximum Gasteiger partial charge on any atom is 0.0683 e. The molecule has 0 aromatic rings. The van der Waals surface area contributed by atoms with E-state index in [9.17, 15) is 0 Å². The maximum absolute atomic E-state index is 5.67. The van der Waals surface area contributed by atoms with Crippen molar-refractivity contribution in [2.24, 2.45) is 0 Å². The van der Waals surface area contributed by atoms with Gasteiger partial charge in [0.15, 0.2) is 0 Å². The molecule has 2 nitrogen and oxygen atoms in total. The largest absolute Gasteiger partial charge is 0.375 e. The molecule has 2 fully saturated rings. The van der Waals surface area contributed by atoms with Gasteiger partial charge in [-0.1, -0.05) is 22.6 Å². The van der Waals surface area contributed by atoms with Gasteiger partial charge < -0.3 is 10.1 Å². The van der Waals surface area contributed by atoms with E-state index in [1.54, 1.807) is 0 Å². The van der Waals surface area contributed by atoms with Crippen molar-refractivity contribution in [1.82, 2.24) is 5.32 Å². The van der Waals surface area contributed by atoms with Gasteiger partial charge in [-0.05, 0) is 25.8 Å². The minimum atomic E-state index is 0.385. The number of nitrogens with one attached hydrogen (secondary N) is 1. The Labute approximate surface area is 81.2 Å². The van der Waals surface area contributed by atoms with Crippen LogP contribution in [0.1, 0.15) is 19.3 Å². The second-order valence-electron chi connectivity index (χ2n) is 3.60. The molecule has 2 saturated heterocycles. The molecule has 0 aromatic carbocycles. The summed E-state index contributed by atoms with van der Waals surface area (Å²) in [6, 6.07) is 0. The van der Waals surface area contributed by atoms with Crippen LogP contribution in [-0.4, -0.2) is 29.2 Å². The Hall–Kier alpha value is 0.650. The summed E-state index contributed by atoms with van der Waals surface area (Å²) < 4.78 is 6.81. The zero-order chi connectivity index (χ0) is 7.73. The molecular formula is C8H14INO. The summed E-state index contributed by atoms with van der Waals surface area (Å²) in [7, 11) is 0. The van der Waals surface area contributed by atoms with Crippen LogP contribution in [0.5, 0.6) is 0 Å². The third-order valence-corrected chi connectivity index (χ3v) is 3.70. The zero-order valence-corrected chi connectivity index (χ0v) is 8.76. The van der Waals surface area contributed by atoms with Gasteiger partial charge >= 0.3 is 0 Å². The second kappa shape index (κ2) is 3.18. The number of hydrogen-bond donors (Lipinski definition) is 1. The fourth-order valence-electron chi connectivity index (χ4n) is 2.10. The standard InChI is InChI=1S/C8H14INO/c9-5-7-4-8(6-11-7)2-1-3-10-8/h7,10H,1-6H2/t7-,8-/m0/s1. The molecule has 0 amide bonds. The fraction of sp³-hybridized carbons (Fsp3) is 1.00. The van der Waals surface area contributed by atoms with Crippen molar-refractivity contribution >= 4 is 22.6 Å². The smallest absolute Gasteiger partial charge is 0.0683 e. The molecule has 11 heavy (non-hydrogen) atoms. The van der Waals surface area contributed by atoms with Gasteiger partial charge in [0.25, 0.3) is 0 Å². The van der Waals surface area contributed by atoms with Gasteiger partial charge in [0.05, 0.1) is 12.7 Å². The van der Waals surface area contributed by atoms with Crippen LogP contribution in [0, 0.1) is 0 Å². The lowest BCUT2D eigenvalue weighted by molar-refractivity contribution is 0.119. The summed E-state index contributed by atoms with van der Waals surface area (Å²) in [5, 5.41) is 3.57. The number of hydrogen-bond acceptors (Lipinski definition) is 2. The first-order valence-corrected chi connectivity index (χ1v) is 5.80. The lowest BCUT2D eigenvalue weighted by atomic mass is 9.95. The van der Waals surface area contributed by atoms with Gasteiger partial charge in [-0.25, -0.2) is 0 Å². The van der Waals surface area contributed by atoms with Crippen molar-refractivity contribution in [3.63, 3.8) is 0 Å². The van der Waals surface area contributed by atoms with E-state index in [2.05, 4.69) is 27.9 Å². The highest BCUT2D eigenvalue weighted by molar-refractivity contribution is 14.1. The van der Waals surface area contributed by atoms with Crippen molar-refractivity contribution in [2.45, 2.75) is 30.9 Å². The number of ether oxygens (including phenoxy) is 1. The Kier molecular flexibility index (Phi) is 2.39. The predicted octanol–water partition coefficient (Wildman–Crippen LogP) is 1.33. The maximum atomic E-state index is 5.67. The van der Waals surface area contributed by atoms with Crippen molar-refractivity contribution in [3.05, 3.63) is 0 Å². The Morgan fingerprint density at radius 1 is 1.64 bits per heavy atom. The molecule has 0 aromatic heterocycles. The first kappa shape index (κ1) is 8.26. The Bertz CT molecular complexity index is 145. The van der Waals surface area contributed by atoms with E-state index < -0.39 is 0 Å². The zero-order valence-electron chi connectivity index (χ0n) is 6.61. The third-order valence-electron chi connectivity index (χ3n) is 2.72. The molecule has 0 bridgehead atoms. The van der Waals surface area contributed by atoms with Crippen LogP contribution in [0.15, 0.2) is 0 Å². The average molecular weight is 267 g/mol. The fourth-order valence-corrected chi connectivity index (χ4v) is 2.66. The SMILES string of the molecule is IC[C@@H]1C[C@@]2(CCCN2)CO1. The molecule has 1 spiro atoms. The summed E-state index contributed by atoms with van der Waals surface area (Å²) in [5.74, 6) is 0. The molecule has 2 aliphatic rings. The van der Waals surface area contributed by atoms with Crippen LogP contribution in [0.25, 0.3) is 0 Å². The van der Waals surface area contributed by atoms with Gasteiger partial charge in [0, 0.05) is 9.97 Å². The normalized spacial score (nSPS) is 43.9. The number of alkyl halides is 1. The Morgan fingerprint density at radius 2 is 2.55 bits per heavy atom. The summed E-state index contributed by atoms with van der Waals surface area (Å²) in [4.78, 5) is 0. The van der Waals surface area contributed by atoms with Crippen LogP contribution in [0.3, 0.4) is 0 Å². The molecule has 3 heteroatoms. The highest BCUT2D eigenvalue weighted by atomic mass is 127. The lowest BCUT2D eigenvalue weighted by Crippen LogP contribution is -2.40. The van der Waals surface area contributed by atoms with Gasteiger partial charge in [-0.15, -0.1) is 0 Å². The third kappa shape index (κ3) is 1.55. The quantitative estimate of drug-likeness (QED) is 0.571. The van der Waals surface area contributed by atoms with E-state index in [0.29, 0.717) is 11.6 Å². The van der Waals surface area contributed by atoms with Crippen LogP contribution >= 0.6 is 22.6 Å². The number of rotatable bonds is 1. The second-order valence-corrected chi connectivity index (χ2v) is 4.48.